The van der Waals surface area contributed by atoms with Gasteiger partial charge in [-0.2, -0.15) is 17.0 Å². The van der Waals surface area contributed by atoms with Gasteiger partial charge in [-0.1, -0.05) is 0 Å². The van der Waals surface area contributed by atoms with E-state index in [1.54, 1.807) is 12.3 Å². The zero-order valence-corrected chi connectivity index (χ0v) is 7.79. The van der Waals surface area contributed by atoms with E-state index in [1.807, 2.05) is 0 Å². The first-order chi connectivity index (χ1) is 6.19. The average molecular weight is 199 g/mol. The maximum atomic E-state index is 13.1. The molecule has 0 radical (unpaired) electrons. The van der Waals surface area contributed by atoms with Crippen molar-refractivity contribution >= 4 is 11.8 Å². The van der Waals surface area contributed by atoms with Crippen LogP contribution in [-0.4, -0.2) is 6.26 Å². The molecule has 0 atom stereocenters. The fourth-order valence-electron chi connectivity index (χ4n) is 0.940. The Kier molecular flexibility index (Phi) is 3.26. The van der Waals surface area contributed by atoms with Crippen molar-refractivity contribution in [3.63, 3.8) is 0 Å². The Hall–Kier alpha value is -1.08. The quantitative estimate of drug-likeness (QED) is 0.731. The zero-order chi connectivity index (χ0) is 9.84. The Bertz CT molecular complexity index is 357. The molecule has 4 heteroatoms. The topological polar surface area (TPSA) is 23.8 Å². The molecule has 0 unspecified atom stereocenters. The Balaban J connectivity index is 3.14. The van der Waals surface area contributed by atoms with Crippen LogP contribution >= 0.6 is 11.8 Å². The van der Waals surface area contributed by atoms with Crippen molar-refractivity contribution in [2.24, 2.45) is 0 Å². The largest absolute Gasteiger partial charge is 0.207 e. The summed E-state index contributed by atoms with van der Waals surface area (Å²) < 4.78 is 26.0. The molecular weight excluding hydrogens is 192 g/mol. The van der Waals surface area contributed by atoms with Crippen molar-refractivity contribution in [2.75, 3.05) is 6.26 Å². The molecule has 0 aliphatic carbocycles. The summed E-state index contributed by atoms with van der Waals surface area (Å²) in [4.78, 5) is 0. The van der Waals surface area contributed by atoms with Crippen LogP contribution in [-0.2, 0) is 5.75 Å². The molecule has 0 saturated heterocycles. The second-order valence-corrected chi connectivity index (χ2v) is 3.33. The van der Waals surface area contributed by atoms with Crippen LogP contribution in [0.3, 0.4) is 0 Å². The molecule has 1 aromatic carbocycles. The van der Waals surface area contributed by atoms with Crippen LogP contribution < -0.4 is 0 Å². The minimum atomic E-state index is -0.659. The lowest BCUT2D eigenvalue weighted by atomic mass is 10.1. The molecule has 1 aromatic rings. The van der Waals surface area contributed by atoms with Crippen molar-refractivity contribution in [1.29, 1.82) is 5.26 Å². The lowest BCUT2D eigenvalue weighted by molar-refractivity contribution is 0.588. The Morgan fingerprint density at radius 2 is 2.08 bits per heavy atom. The number of thioether (sulfide) groups is 1. The van der Waals surface area contributed by atoms with Gasteiger partial charge >= 0.3 is 0 Å². The smallest absolute Gasteiger partial charge is 0.141 e. The first-order valence-electron chi connectivity index (χ1n) is 3.56. The van der Waals surface area contributed by atoms with Crippen LogP contribution in [0.2, 0.25) is 0 Å². The predicted molar refractivity (Wildman–Crippen MR) is 48.3 cm³/mol. The molecule has 1 rings (SSSR count). The molecular formula is C9H7F2NS. The minimum Gasteiger partial charge on any atom is -0.207 e. The van der Waals surface area contributed by atoms with Crippen molar-refractivity contribution < 1.29 is 8.78 Å². The molecule has 0 aromatic heterocycles. The van der Waals surface area contributed by atoms with Crippen molar-refractivity contribution in [1.82, 2.24) is 0 Å². The summed E-state index contributed by atoms with van der Waals surface area (Å²) >= 11 is 1.40. The Labute approximate surface area is 79.4 Å². The number of halogens is 2. The van der Waals surface area contributed by atoms with Gasteiger partial charge in [-0.25, -0.2) is 8.78 Å². The third-order valence-electron chi connectivity index (χ3n) is 1.56. The molecule has 0 bridgehead atoms. The zero-order valence-electron chi connectivity index (χ0n) is 6.97. The Morgan fingerprint density at radius 1 is 1.38 bits per heavy atom. The first-order valence-corrected chi connectivity index (χ1v) is 4.95. The van der Waals surface area contributed by atoms with E-state index in [9.17, 15) is 8.78 Å². The fraction of sp³-hybridized carbons (Fsp3) is 0.222. The van der Waals surface area contributed by atoms with Gasteiger partial charge in [-0.15, -0.1) is 0 Å². The average Bonchev–Trinajstić information content (AvgIpc) is 2.11. The molecule has 0 amide bonds. The van der Waals surface area contributed by atoms with Crippen LogP contribution in [0.5, 0.6) is 0 Å². The highest BCUT2D eigenvalue weighted by Crippen LogP contribution is 2.17. The fourth-order valence-corrected chi connectivity index (χ4v) is 1.47. The second-order valence-electron chi connectivity index (χ2n) is 2.47. The van der Waals surface area contributed by atoms with Crippen LogP contribution in [0, 0.1) is 23.0 Å². The number of benzene rings is 1. The normalized spacial score (nSPS) is 9.69. The van der Waals surface area contributed by atoms with E-state index in [1.165, 1.54) is 11.8 Å². The van der Waals surface area contributed by atoms with E-state index < -0.39 is 11.6 Å². The van der Waals surface area contributed by atoms with Crippen molar-refractivity contribution in [3.8, 4) is 6.07 Å². The van der Waals surface area contributed by atoms with E-state index >= 15 is 0 Å². The van der Waals surface area contributed by atoms with Gasteiger partial charge < -0.3 is 0 Å². The summed E-state index contributed by atoms with van der Waals surface area (Å²) in [5.41, 5.74) is 0.0475. The van der Waals surface area contributed by atoms with Gasteiger partial charge in [0.25, 0.3) is 0 Å². The van der Waals surface area contributed by atoms with Crippen molar-refractivity contribution in [2.45, 2.75) is 5.75 Å². The van der Waals surface area contributed by atoms with Crippen LogP contribution in [0.1, 0.15) is 11.1 Å². The third kappa shape index (κ3) is 2.19. The van der Waals surface area contributed by atoms with Gasteiger partial charge in [0.2, 0.25) is 0 Å². The first kappa shape index (κ1) is 10.0. The van der Waals surface area contributed by atoms with Gasteiger partial charge in [0.15, 0.2) is 0 Å². The van der Waals surface area contributed by atoms with Crippen LogP contribution in [0.25, 0.3) is 0 Å². The molecule has 1 nitrogen and oxygen atoms in total. The highest BCUT2D eigenvalue weighted by Gasteiger charge is 2.08. The summed E-state index contributed by atoms with van der Waals surface area (Å²) in [5.74, 6) is -0.769. The van der Waals surface area contributed by atoms with Gasteiger partial charge in [0.1, 0.15) is 17.7 Å². The lowest BCUT2D eigenvalue weighted by Gasteiger charge is -2.01. The standard InChI is InChI=1S/C9H7F2NS/c1-13-5-7-3-8(10)6(4-12)2-9(7)11/h2-3H,5H2,1H3. The summed E-state index contributed by atoms with van der Waals surface area (Å²) in [5, 5.41) is 8.40. The van der Waals surface area contributed by atoms with Crippen LogP contribution in [0.4, 0.5) is 8.78 Å². The molecule has 0 aliphatic rings. The molecule has 0 spiro atoms. The molecule has 0 fully saturated rings. The maximum absolute atomic E-state index is 13.1. The van der Waals surface area contributed by atoms with E-state index in [0.717, 1.165) is 12.1 Å². The van der Waals surface area contributed by atoms with Gasteiger partial charge in [0, 0.05) is 11.3 Å². The van der Waals surface area contributed by atoms with Gasteiger partial charge in [-0.05, 0) is 18.4 Å². The number of hydrogen-bond donors (Lipinski definition) is 0. The summed E-state index contributed by atoms with van der Waals surface area (Å²) in [7, 11) is 0. The molecule has 0 N–H and O–H groups in total. The lowest BCUT2D eigenvalue weighted by Crippen LogP contribution is -1.93. The Morgan fingerprint density at radius 3 is 2.62 bits per heavy atom. The molecule has 68 valence electrons. The predicted octanol–water partition coefficient (Wildman–Crippen LogP) is 2.70. The van der Waals surface area contributed by atoms with Gasteiger partial charge in [-0.3, -0.25) is 0 Å². The number of hydrogen-bond acceptors (Lipinski definition) is 2. The SMILES string of the molecule is CSCc1cc(F)c(C#N)cc1F. The number of rotatable bonds is 2. The second kappa shape index (κ2) is 4.24. The number of nitriles is 1. The van der Waals surface area contributed by atoms with Crippen molar-refractivity contribution in [3.05, 3.63) is 34.9 Å². The maximum Gasteiger partial charge on any atom is 0.141 e. The molecule has 13 heavy (non-hydrogen) atoms. The van der Waals surface area contributed by atoms with E-state index in [2.05, 4.69) is 0 Å². The molecule has 0 aliphatic heterocycles. The van der Waals surface area contributed by atoms with E-state index in [4.69, 9.17) is 5.26 Å². The summed E-state index contributed by atoms with van der Waals surface area (Å²) in [6.45, 7) is 0. The monoisotopic (exact) mass is 199 g/mol. The molecule has 0 saturated carbocycles. The minimum absolute atomic E-state index is 0.248. The third-order valence-corrected chi connectivity index (χ3v) is 2.16. The number of nitrogens with zero attached hydrogens (tertiary/aromatic N) is 1. The van der Waals surface area contributed by atoms with Crippen LogP contribution in [0.15, 0.2) is 12.1 Å². The van der Waals surface area contributed by atoms with E-state index in [0.29, 0.717) is 11.3 Å². The summed E-state index contributed by atoms with van der Waals surface area (Å²) in [6.07, 6.45) is 1.80. The summed E-state index contributed by atoms with van der Waals surface area (Å²) in [6, 6.07) is 3.59. The van der Waals surface area contributed by atoms with Gasteiger partial charge in [0.05, 0.1) is 5.56 Å². The van der Waals surface area contributed by atoms with E-state index in [-0.39, 0.29) is 5.56 Å². The highest BCUT2D eigenvalue weighted by molar-refractivity contribution is 7.97. The molecule has 0 heterocycles. The highest BCUT2D eigenvalue weighted by atomic mass is 32.2.